The van der Waals surface area contributed by atoms with Crippen molar-refractivity contribution in [3.8, 4) is 11.4 Å². The minimum atomic E-state index is -0.358. The first-order valence-electron chi connectivity index (χ1n) is 9.57. The Kier molecular flexibility index (Phi) is 5.27. The molecule has 1 aromatic heterocycles. The third-order valence-electron chi connectivity index (χ3n) is 5.26. The molecular weight excluding hydrogens is 368 g/mol. The van der Waals surface area contributed by atoms with Gasteiger partial charge in [0, 0.05) is 12.4 Å². The van der Waals surface area contributed by atoms with E-state index in [0.29, 0.717) is 5.56 Å². The number of hydrogen-bond donors (Lipinski definition) is 1. The van der Waals surface area contributed by atoms with E-state index in [-0.39, 0.29) is 18.7 Å². The molecule has 2 heterocycles. The molecule has 4 rings (SSSR count). The Balaban J connectivity index is 1.54. The van der Waals surface area contributed by atoms with Crippen LogP contribution in [0.3, 0.4) is 0 Å². The summed E-state index contributed by atoms with van der Waals surface area (Å²) in [6.07, 6.45) is 3.91. The van der Waals surface area contributed by atoms with E-state index in [1.54, 1.807) is 6.07 Å². The highest BCUT2D eigenvalue weighted by Gasteiger charge is 2.32. The number of aromatic nitrogens is 1. The van der Waals surface area contributed by atoms with Crippen LogP contribution in [0.2, 0.25) is 0 Å². The second kappa shape index (κ2) is 8.01. The van der Waals surface area contributed by atoms with E-state index in [1.807, 2.05) is 66.3 Å². The predicted molar refractivity (Wildman–Crippen MR) is 111 cm³/mol. The SMILES string of the molecule is COC(=O)c1cccc(N2CC(Oc3ccc(CO)c(C)c3)C2)c1-n1cccc1. The molecule has 0 aliphatic carbocycles. The fraction of sp³-hybridized carbons (Fsp3) is 0.261. The quantitative estimate of drug-likeness (QED) is 0.652. The summed E-state index contributed by atoms with van der Waals surface area (Å²) in [5.41, 5.74) is 4.23. The van der Waals surface area contributed by atoms with Gasteiger partial charge < -0.3 is 24.0 Å². The molecule has 0 atom stereocenters. The maximum atomic E-state index is 12.3. The topological polar surface area (TPSA) is 63.9 Å². The van der Waals surface area contributed by atoms with E-state index >= 15 is 0 Å². The standard InChI is InChI=1S/C23H24N2O4/c1-16-12-18(9-8-17(16)15-26)29-19-13-25(14-19)21-7-5-6-20(23(27)28-2)22(21)24-10-3-4-11-24/h3-12,19,26H,13-15H2,1-2H3. The van der Waals surface area contributed by atoms with Crippen LogP contribution in [0.15, 0.2) is 60.9 Å². The zero-order valence-corrected chi connectivity index (χ0v) is 16.5. The number of carbonyl (C=O) groups excluding carboxylic acids is 1. The molecule has 0 saturated carbocycles. The lowest BCUT2D eigenvalue weighted by atomic mass is 10.1. The largest absolute Gasteiger partial charge is 0.487 e. The zero-order chi connectivity index (χ0) is 20.4. The summed E-state index contributed by atoms with van der Waals surface area (Å²) in [7, 11) is 1.39. The zero-order valence-electron chi connectivity index (χ0n) is 16.5. The number of esters is 1. The summed E-state index contributed by atoms with van der Waals surface area (Å²) >= 11 is 0. The molecule has 1 aliphatic heterocycles. The van der Waals surface area contributed by atoms with Gasteiger partial charge in [0.1, 0.15) is 11.9 Å². The molecule has 1 saturated heterocycles. The molecule has 3 aromatic rings. The Morgan fingerprint density at radius 2 is 1.90 bits per heavy atom. The fourth-order valence-corrected chi connectivity index (χ4v) is 3.64. The molecule has 29 heavy (non-hydrogen) atoms. The molecule has 1 N–H and O–H groups in total. The third-order valence-corrected chi connectivity index (χ3v) is 5.26. The lowest BCUT2D eigenvalue weighted by molar-refractivity contribution is 0.0600. The highest BCUT2D eigenvalue weighted by atomic mass is 16.5. The summed E-state index contributed by atoms with van der Waals surface area (Å²) in [6.45, 7) is 3.44. The van der Waals surface area contributed by atoms with Crippen molar-refractivity contribution < 1.29 is 19.4 Å². The van der Waals surface area contributed by atoms with Crippen molar-refractivity contribution >= 4 is 11.7 Å². The Morgan fingerprint density at radius 3 is 2.55 bits per heavy atom. The smallest absolute Gasteiger partial charge is 0.340 e. The van der Waals surface area contributed by atoms with E-state index < -0.39 is 0 Å². The molecule has 0 radical (unpaired) electrons. The highest BCUT2D eigenvalue weighted by molar-refractivity contribution is 5.96. The monoisotopic (exact) mass is 392 g/mol. The molecule has 150 valence electrons. The fourth-order valence-electron chi connectivity index (χ4n) is 3.64. The number of nitrogens with zero attached hydrogens (tertiary/aromatic N) is 2. The number of rotatable bonds is 6. The number of methoxy groups -OCH3 is 1. The van der Waals surface area contributed by atoms with Crippen molar-refractivity contribution in [1.29, 1.82) is 0 Å². The van der Waals surface area contributed by atoms with Crippen molar-refractivity contribution in [3.05, 3.63) is 77.6 Å². The first-order valence-corrected chi connectivity index (χ1v) is 9.57. The maximum Gasteiger partial charge on any atom is 0.340 e. The summed E-state index contributed by atoms with van der Waals surface area (Å²) in [5, 5.41) is 9.31. The Hall–Kier alpha value is -3.25. The Labute approximate surface area is 169 Å². The van der Waals surface area contributed by atoms with Crippen LogP contribution in [0, 0.1) is 6.92 Å². The number of hydrogen-bond acceptors (Lipinski definition) is 5. The van der Waals surface area contributed by atoms with Gasteiger partial charge in [0.2, 0.25) is 0 Å². The predicted octanol–water partition coefficient (Wildman–Crippen LogP) is 3.33. The van der Waals surface area contributed by atoms with Crippen LogP contribution in [-0.2, 0) is 11.3 Å². The maximum absolute atomic E-state index is 12.3. The van der Waals surface area contributed by atoms with Gasteiger partial charge in [0.05, 0.1) is 43.7 Å². The number of anilines is 1. The van der Waals surface area contributed by atoms with Gasteiger partial charge in [-0.05, 0) is 54.4 Å². The van der Waals surface area contributed by atoms with Crippen LogP contribution in [-0.4, -0.2) is 41.9 Å². The molecule has 0 unspecified atom stereocenters. The van der Waals surface area contributed by atoms with Gasteiger partial charge >= 0.3 is 5.97 Å². The molecule has 1 fully saturated rings. The minimum absolute atomic E-state index is 0.0298. The van der Waals surface area contributed by atoms with Crippen LogP contribution in [0.4, 0.5) is 5.69 Å². The molecule has 2 aromatic carbocycles. The average Bonchev–Trinajstić information content (AvgIpc) is 3.24. The van der Waals surface area contributed by atoms with Crippen LogP contribution in [0.5, 0.6) is 5.75 Å². The molecule has 0 spiro atoms. The van der Waals surface area contributed by atoms with Gasteiger partial charge in [-0.1, -0.05) is 12.1 Å². The van der Waals surface area contributed by atoms with E-state index in [9.17, 15) is 9.90 Å². The summed E-state index contributed by atoms with van der Waals surface area (Å²) < 4.78 is 13.0. The van der Waals surface area contributed by atoms with Crippen molar-refractivity contribution in [3.63, 3.8) is 0 Å². The lowest BCUT2D eigenvalue weighted by Crippen LogP contribution is -2.54. The van der Waals surface area contributed by atoms with E-state index in [0.717, 1.165) is 41.3 Å². The summed E-state index contributed by atoms with van der Waals surface area (Å²) in [4.78, 5) is 14.5. The van der Waals surface area contributed by atoms with Crippen molar-refractivity contribution in [2.45, 2.75) is 19.6 Å². The van der Waals surface area contributed by atoms with Gasteiger partial charge in [0.25, 0.3) is 0 Å². The number of aliphatic hydroxyl groups is 1. The van der Waals surface area contributed by atoms with Crippen molar-refractivity contribution in [2.75, 3.05) is 25.1 Å². The molecule has 0 amide bonds. The number of para-hydroxylation sites is 1. The third kappa shape index (κ3) is 3.71. The van der Waals surface area contributed by atoms with Gasteiger partial charge in [-0.2, -0.15) is 0 Å². The first-order chi connectivity index (χ1) is 14.1. The van der Waals surface area contributed by atoms with Crippen molar-refractivity contribution in [2.24, 2.45) is 0 Å². The molecule has 1 aliphatic rings. The van der Waals surface area contributed by atoms with Gasteiger partial charge in [-0.15, -0.1) is 0 Å². The highest BCUT2D eigenvalue weighted by Crippen LogP contribution is 2.33. The minimum Gasteiger partial charge on any atom is -0.487 e. The van der Waals surface area contributed by atoms with E-state index in [4.69, 9.17) is 9.47 Å². The Bertz CT molecular complexity index is 1010. The van der Waals surface area contributed by atoms with Crippen LogP contribution < -0.4 is 9.64 Å². The first kappa shape index (κ1) is 19.1. The van der Waals surface area contributed by atoms with Gasteiger partial charge in [-0.3, -0.25) is 0 Å². The number of aryl methyl sites for hydroxylation is 1. The Morgan fingerprint density at radius 1 is 1.14 bits per heavy atom. The number of ether oxygens (including phenoxy) is 2. The summed E-state index contributed by atoms with van der Waals surface area (Å²) in [6, 6.07) is 15.3. The van der Waals surface area contributed by atoms with Crippen LogP contribution >= 0.6 is 0 Å². The lowest BCUT2D eigenvalue weighted by Gasteiger charge is -2.41. The van der Waals surface area contributed by atoms with E-state index in [1.165, 1.54) is 7.11 Å². The number of carbonyl (C=O) groups is 1. The molecule has 6 nitrogen and oxygen atoms in total. The number of aliphatic hydroxyl groups excluding tert-OH is 1. The van der Waals surface area contributed by atoms with Crippen LogP contribution in [0.1, 0.15) is 21.5 Å². The van der Waals surface area contributed by atoms with Gasteiger partial charge in [0.15, 0.2) is 0 Å². The summed E-state index contributed by atoms with van der Waals surface area (Å²) in [5.74, 6) is 0.446. The van der Waals surface area contributed by atoms with Crippen LogP contribution in [0.25, 0.3) is 5.69 Å². The second-order valence-corrected chi connectivity index (χ2v) is 7.15. The second-order valence-electron chi connectivity index (χ2n) is 7.15. The average molecular weight is 392 g/mol. The molecule has 6 heteroatoms. The molecule has 0 bridgehead atoms. The van der Waals surface area contributed by atoms with Gasteiger partial charge in [-0.25, -0.2) is 4.79 Å². The van der Waals surface area contributed by atoms with E-state index in [2.05, 4.69) is 4.90 Å². The number of benzene rings is 2. The molecular formula is C23H24N2O4. The van der Waals surface area contributed by atoms with Crippen molar-refractivity contribution in [1.82, 2.24) is 4.57 Å². The normalized spacial score (nSPS) is 13.8.